The Kier molecular flexibility index (Phi) is 4.84. The number of rotatable bonds is 5. The van der Waals surface area contributed by atoms with Gasteiger partial charge in [0.1, 0.15) is 0 Å². The number of hydrogen-bond donors (Lipinski definition) is 1. The third kappa shape index (κ3) is 3.41. The second kappa shape index (κ2) is 6.42. The monoisotopic (exact) mass is 291 g/mol. The maximum absolute atomic E-state index is 6.23. The molecule has 1 aromatic carbocycles. The smallest absolute Gasteiger partial charge is 0.0694 e. The van der Waals surface area contributed by atoms with Crippen molar-refractivity contribution in [1.82, 2.24) is 15.1 Å². The van der Waals surface area contributed by atoms with Crippen LogP contribution in [-0.4, -0.2) is 9.78 Å². The standard InChI is InChI=1S/C16H22ClN3/c1-11(2)16-13(10-20(4)19-16)9-18-12(3)14-7-5-6-8-15(14)17/h5-8,10-12,18H,9H2,1-4H3/t12-/m1/s1. The van der Waals surface area contributed by atoms with E-state index in [-0.39, 0.29) is 6.04 Å². The van der Waals surface area contributed by atoms with Crippen molar-refractivity contribution in [3.63, 3.8) is 0 Å². The number of nitrogens with zero attached hydrogens (tertiary/aromatic N) is 2. The summed E-state index contributed by atoms with van der Waals surface area (Å²) in [5, 5.41) is 8.86. The van der Waals surface area contributed by atoms with Crippen molar-refractivity contribution in [2.45, 2.75) is 39.3 Å². The normalized spacial score (nSPS) is 12.9. The van der Waals surface area contributed by atoms with Crippen LogP contribution in [0.1, 0.15) is 49.6 Å². The predicted octanol–water partition coefficient (Wildman–Crippen LogP) is 4.05. The second-order valence-corrected chi connectivity index (χ2v) is 5.90. The molecule has 1 heterocycles. The van der Waals surface area contributed by atoms with Crippen LogP contribution in [0.4, 0.5) is 0 Å². The van der Waals surface area contributed by atoms with Gasteiger partial charge in [0, 0.05) is 36.4 Å². The Morgan fingerprint density at radius 1 is 1.25 bits per heavy atom. The Morgan fingerprint density at radius 3 is 2.60 bits per heavy atom. The molecular formula is C16H22ClN3. The summed E-state index contributed by atoms with van der Waals surface area (Å²) in [6.07, 6.45) is 2.08. The van der Waals surface area contributed by atoms with Crippen molar-refractivity contribution in [3.8, 4) is 0 Å². The van der Waals surface area contributed by atoms with Gasteiger partial charge in [-0.2, -0.15) is 5.10 Å². The summed E-state index contributed by atoms with van der Waals surface area (Å²) in [5.74, 6) is 0.434. The number of benzene rings is 1. The van der Waals surface area contributed by atoms with Gasteiger partial charge in [0.15, 0.2) is 0 Å². The molecule has 0 amide bonds. The molecule has 0 spiro atoms. The molecule has 108 valence electrons. The SMILES string of the molecule is CC(C)c1nn(C)cc1CN[C@H](C)c1ccccc1Cl. The van der Waals surface area contributed by atoms with Crippen LogP contribution < -0.4 is 5.32 Å². The van der Waals surface area contributed by atoms with Gasteiger partial charge in [0.25, 0.3) is 0 Å². The van der Waals surface area contributed by atoms with E-state index in [0.29, 0.717) is 5.92 Å². The third-order valence-electron chi connectivity index (χ3n) is 3.45. The first-order valence-electron chi connectivity index (χ1n) is 6.99. The molecule has 0 bridgehead atoms. The molecule has 20 heavy (non-hydrogen) atoms. The van der Waals surface area contributed by atoms with E-state index in [0.717, 1.165) is 22.8 Å². The van der Waals surface area contributed by atoms with Crippen LogP contribution >= 0.6 is 11.6 Å². The predicted molar refractivity (Wildman–Crippen MR) is 84.0 cm³/mol. The van der Waals surface area contributed by atoms with Crippen molar-refractivity contribution >= 4 is 11.6 Å². The maximum Gasteiger partial charge on any atom is 0.0694 e. The summed E-state index contributed by atoms with van der Waals surface area (Å²) in [6.45, 7) is 7.27. The fourth-order valence-electron chi connectivity index (χ4n) is 2.38. The van der Waals surface area contributed by atoms with E-state index < -0.39 is 0 Å². The van der Waals surface area contributed by atoms with Crippen LogP contribution in [-0.2, 0) is 13.6 Å². The molecule has 1 aromatic heterocycles. The summed E-state index contributed by atoms with van der Waals surface area (Å²) in [4.78, 5) is 0. The van der Waals surface area contributed by atoms with Crippen LogP contribution in [0, 0.1) is 0 Å². The van der Waals surface area contributed by atoms with Gasteiger partial charge in [-0.1, -0.05) is 43.6 Å². The van der Waals surface area contributed by atoms with E-state index in [1.165, 1.54) is 5.56 Å². The topological polar surface area (TPSA) is 29.9 Å². The minimum Gasteiger partial charge on any atom is -0.306 e. The lowest BCUT2D eigenvalue weighted by atomic mass is 10.1. The van der Waals surface area contributed by atoms with E-state index in [4.69, 9.17) is 11.6 Å². The van der Waals surface area contributed by atoms with E-state index in [2.05, 4.69) is 43.4 Å². The summed E-state index contributed by atoms with van der Waals surface area (Å²) in [6, 6.07) is 8.18. The molecule has 0 saturated carbocycles. The highest BCUT2D eigenvalue weighted by molar-refractivity contribution is 6.31. The molecule has 1 N–H and O–H groups in total. The van der Waals surface area contributed by atoms with E-state index in [1.54, 1.807) is 0 Å². The minimum absolute atomic E-state index is 0.212. The number of nitrogens with one attached hydrogen (secondary N) is 1. The van der Waals surface area contributed by atoms with Gasteiger partial charge in [0.05, 0.1) is 5.69 Å². The van der Waals surface area contributed by atoms with Crippen molar-refractivity contribution < 1.29 is 0 Å². The minimum atomic E-state index is 0.212. The lowest BCUT2D eigenvalue weighted by Gasteiger charge is -2.16. The zero-order valence-corrected chi connectivity index (χ0v) is 13.3. The zero-order valence-electron chi connectivity index (χ0n) is 12.5. The number of aromatic nitrogens is 2. The second-order valence-electron chi connectivity index (χ2n) is 5.49. The molecule has 3 nitrogen and oxygen atoms in total. The summed E-state index contributed by atoms with van der Waals surface area (Å²) in [5.41, 5.74) is 3.54. The Hall–Kier alpha value is -1.32. The van der Waals surface area contributed by atoms with Crippen LogP contribution in [0.15, 0.2) is 30.5 Å². The highest BCUT2D eigenvalue weighted by Crippen LogP contribution is 2.23. The highest BCUT2D eigenvalue weighted by Gasteiger charge is 2.13. The third-order valence-corrected chi connectivity index (χ3v) is 3.80. The molecule has 2 rings (SSSR count). The summed E-state index contributed by atoms with van der Waals surface area (Å²) >= 11 is 6.23. The molecule has 4 heteroatoms. The highest BCUT2D eigenvalue weighted by atomic mass is 35.5. The average Bonchev–Trinajstić information content (AvgIpc) is 2.78. The molecular weight excluding hydrogens is 270 g/mol. The quantitative estimate of drug-likeness (QED) is 0.901. The van der Waals surface area contributed by atoms with Gasteiger partial charge < -0.3 is 5.32 Å². The number of halogens is 1. The van der Waals surface area contributed by atoms with Crippen LogP contribution in [0.5, 0.6) is 0 Å². The zero-order chi connectivity index (χ0) is 14.7. The Balaban J connectivity index is 2.07. The van der Waals surface area contributed by atoms with E-state index in [9.17, 15) is 0 Å². The summed E-state index contributed by atoms with van der Waals surface area (Å²) in [7, 11) is 1.97. The summed E-state index contributed by atoms with van der Waals surface area (Å²) < 4.78 is 1.88. The Labute approximate surface area is 126 Å². The molecule has 0 aliphatic rings. The Morgan fingerprint density at radius 2 is 1.95 bits per heavy atom. The van der Waals surface area contributed by atoms with E-state index in [1.807, 2.05) is 29.9 Å². The maximum atomic E-state index is 6.23. The van der Waals surface area contributed by atoms with Crippen LogP contribution in [0.3, 0.4) is 0 Å². The average molecular weight is 292 g/mol. The first kappa shape index (κ1) is 15.1. The molecule has 0 unspecified atom stereocenters. The van der Waals surface area contributed by atoms with E-state index >= 15 is 0 Å². The fraction of sp³-hybridized carbons (Fsp3) is 0.438. The molecule has 0 aliphatic carbocycles. The molecule has 0 aliphatic heterocycles. The lowest BCUT2D eigenvalue weighted by molar-refractivity contribution is 0.570. The Bertz CT molecular complexity index is 575. The number of aryl methyl sites for hydroxylation is 1. The van der Waals surface area contributed by atoms with Crippen molar-refractivity contribution in [2.24, 2.45) is 7.05 Å². The molecule has 0 radical (unpaired) electrons. The van der Waals surface area contributed by atoms with Crippen LogP contribution in [0.2, 0.25) is 5.02 Å². The molecule has 2 aromatic rings. The first-order chi connectivity index (χ1) is 9.49. The molecule has 0 saturated heterocycles. The van der Waals surface area contributed by atoms with Gasteiger partial charge in [-0.3, -0.25) is 4.68 Å². The lowest BCUT2D eigenvalue weighted by Crippen LogP contribution is -2.19. The fourth-order valence-corrected chi connectivity index (χ4v) is 2.68. The number of hydrogen-bond acceptors (Lipinski definition) is 2. The van der Waals surface area contributed by atoms with Gasteiger partial charge >= 0.3 is 0 Å². The van der Waals surface area contributed by atoms with Gasteiger partial charge in [-0.15, -0.1) is 0 Å². The van der Waals surface area contributed by atoms with Crippen LogP contribution in [0.25, 0.3) is 0 Å². The largest absolute Gasteiger partial charge is 0.306 e. The van der Waals surface area contributed by atoms with Crippen molar-refractivity contribution in [3.05, 3.63) is 52.3 Å². The molecule has 1 atom stereocenters. The molecule has 0 fully saturated rings. The van der Waals surface area contributed by atoms with Crippen molar-refractivity contribution in [2.75, 3.05) is 0 Å². The van der Waals surface area contributed by atoms with Gasteiger partial charge in [-0.25, -0.2) is 0 Å². The first-order valence-corrected chi connectivity index (χ1v) is 7.37. The van der Waals surface area contributed by atoms with Gasteiger partial charge in [0.2, 0.25) is 0 Å². The van der Waals surface area contributed by atoms with Gasteiger partial charge in [-0.05, 0) is 24.5 Å². The van der Waals surface area contributed by atoms with Crippen molar-refractivity contribution in [1.29, 1.82) is 0 Å².